The van der Waals surface area contributed by atoms with Crippen molar-refractivity contribution >= 4 is 17.7 Å². The Morgan fingerprint density at radius 1 is 1.57 bits per heavy atom. The molecule has 1 N–H and O–H groups in total. The van der Waals surface area contributed by atoms with Gasteiger partial charge in [-0.15, -0.1) is 0 Å². The fraction of sp³-hybridized carbons (Fsp3) is 0.733. The lowest BCUT2D eigenvalue weighted by Crippen LogP contribution is -2.53. The maximum Gasteiger partial charge on any atom is 0.273 e. The van der Waals surface area contributed by atoms with Crippen LogP contribution in [0.2, 0.25) is 0 Å². The topological polar surface area (TPSA) is 58.4 Å². The van der Waals surface area contributed by atoms with Crippen LogP contribution in [0.25, 0.3) is 0 Å². The van der Waals surface area contributed by atoms with Crippen molar-refractivity contribution in [3.63, 3.8) is 0 Å². The molecule has 118 valence electrons. The molecule has 5 nitrogen and oxygen atoms in total. The van der Waals surface area contributed by atoms with Gasteiger partial charge in [0.2, 0.25) is 0 Å². The maximum atomic E-state index is 12.2. The molecule has 2 rings (SSSR count). The second kappa shape index (κ2) is 6.83. The number of rotatable bonds is 6. The first kappa shape index (κ1) is 16.4. The van der Waals surface area contributed by atoms with Crippen molar-refractivity contribution < 1.29 is 9.32 Å². The summed E-state index contributed by atoms with van der Waals surface area (Å²) in [6.45, 7) is 4.87. The van der Waals surface area contributed by atoms with Crippen LogP contribution in [-0.2, 0) is 6.42 Å². The molecule has 0 aromatic carbocycles. The Bertz CT molecular complexity index is 479. The molecule has 0 spiro atoms. The first-order valence-corrected chi connectivity index (χ1v) is 8.57. The summed E-state index contributed by atoms with van der Waals surface area (Å²) in [5.74, 6) is 3.32. The number of carbonyl (C=O) groups excluding carboxylic acids is 1. The zero-order chi connectivity index (χ0) is 15.5. The Morgan fingerprint density at radius 3 is 2.90 bits per heavy atom. The molecule has 0 saturated carbocycles. The van der Waals surface area contributed by atoms with Crippen LogP contribution in [0.15, 0.2) is 10.6 Å². The summed E-state index contributed by atoms with van der Waals surface area (Å²) in [6.07, 6.45) is 1.90. The predicted octanol–water partition coefficient (Wildman–Crippen LogP) is 2.04. The van der Waals surface area contributed by atoms with E-state index in [4.69, 9.17) is 4.52 Å². The van der Waals surface area contributed by atoms with Gasteiger partial charge in [-0.2, -0.15) is 11.8 Å². The molecule has 1 atom stereocenters. The third-order valence-corrected chi connectivity index (χ3v) is 5.24. The molecule has 1 fully saturated rings. The molecule has 0 radical (unpaired) electrons. The van der Waals surface area contributed by atoms with Gasteiger partial charge in [-0.1, -0.05) is 19.0 Å². The van der Waals surface area contributed by atoms with Crippen molar-refractivity contribution in [2.45, 2.75) is 32.2 Å². The van der Waals surface area contributed by atoms with E-state index in [0.29, 0.717) is 18.2 Å². The number of aromatic nitrogens is 1. The van der Waals surface area contributed by atoms with Crippen LogP contribution in [-0.4, -0.2) is 53.6 Å². The zero-order valence-electron chi connectivity index (χ0n) is 13.3. The molecule has 21 heavy (non-hydrogen) atoms. The van der Waals surface area contributed by atoms with E-state index >= 15 is 0 Å². The van der Waals surface area contributed by atoms with E-state index in [1.807, 2.05) is 11.8 Å². The Labute approximate surface area is 130 Å². The van der Waals surface area contributed by atoms with Crippen LogP contribution in [0.5, 0.6) is 0 Å². The average Bonchev–Trinajstić information content (AvgIpc) is 3.05. The number of amides is 1. The van der Waals surface area contributed by atoms with Gasteiger partial charge in [0.15, 0.2) is 5.69 Å². The second-order valence-electron chi connectivity index (χ2n) is 6.38. The van der Waals surface area contributed by atoms with Crippen molar-refractivity contribution in [2.75, 3.05) is 32.1 Å². The quantitative estimate of drug-likeness (QED) is 0.871. The summed E-state index contributed by atoms with van der Waals surface area (Å²) in [5.41, 5.74) is 0.440. The normalized spacial score (nSPS) is 22.2. The average molecular weight is 311 g/mol. The third-order valence-electron chi connectivity index (χ3n) is 4.01. The van der Waals surface area contributed by atoms with Gasteiger partial charge in [0.1, 0.15) is 5.76 Å². The highest BCUT2D eigenvalue weighted by molar-refractivity contribution is 7.99. The second-order valence-corrected chi connectivity index (χ2v) is 7.49. The minimum atomic E-state index is -0.146. The minimum Gasteiger partial charge on any atom is -0.361 e. The van der Waals surface area contributed by atoms with E-state index in [-0.39, 0.29) is 11.4 Å². The molecule has 1 saturated heterocycles. The monoisotopic (exact) mass is 311 g/mol. The number of likely N-dealkylation sites (N-methyl/N-ethyl adjacent to an activating group) is 1. The van der Waals surface area contributed by atoms with Crippen LogP contribution in [0.1, 0.15) is 36.5 Å². The number of hydrogen-bond acceptors (Lipinski definition) is 5. The van der Waals surface area contributed by atoms with E-state index in [1.165, 1.54) is 0 Å². The van der Waals surface area contributed by atoms with E-state index in [1.54, 1.807) is 6.07 Å². The highest BCUT2D eigenvalue weighted by Crippen LogP contribution is 2.31. The molecule has 0 bridgehead atoms. The number of hydrogen-bond donors (Lipinski definition) is 1. The van der Waals surface area contributed by atoms with Gasteiger partial charge in [0.25, 0.3) is 5.91 Å². The van der Waals surface area contributed by atoms with Gasteiger partial charge in [-0.05, 0) is 32.2 Å². The van der Waals surface area contributed by atoms with E-state index in [9.17, 15) is 4.79 Å². The SMILES string of the molecule is CC(C)Cc1cc(C(=O)NC[C@@]2(N(C)C)CCSC2)no1. The number of carbonyl (C=O) groups is 1. The largest absolute Gasteiger partial charge is 0.361 e. The van der Waals surface area contributed by atoms with Crippen LogP contribution in [0, 0.1) is 5.92 Å². The van der Waals surface area contributed by atoms with Gasteiger partial charge >= 0.3 is 0 Å². The van der Waals surface area contributed by atoms with Crippen LogP contribution >= 0.6 is 11.8 Å². The van der Waals surface area contributed by atoms with Crippen molar-refractivity contribution in [3.8, 4) is 0 Å². The lowest BCUT2D eigenvalue weighted by atomic mass is 9.97. The molecule has 1 aromatic rings. The number of nitrogens with one attached hydrogen (secondary N) is 1. The van der Waals surface area contributed by atoms with Crippen LogP contribution in [0.4, 0.5) is 0 Å². The molecule has 1 aromatic heterocycles. The highest BCUT2D eigenvalue weighted by Gasteiger charge is 2.37. The van der Waals surface area contributed by atoms with Crippen LogP contribution in [0.3, 0.4) is 0 Å². The van der Waals surface area contributed by atoms with Gasteiger partial charge in [0, 0.05) is 30.3 Å². The Kier molecular flexibility index (Phi) is 5.32. The lowest BCUT2D eigenvalue weighted by Gasteiger charge is -2.35. The molecule has 6 heteroatoms. The lowest BCUT2D eigenvalue weighted by molar-refractivity contribution is 0.0905. The van der Waals surface area contributed by atoms with Gasteiger partial charge in [0.05, 0.1) is 0 Å². The molecule has 2 heterocycles. The van der Waals surface area contributed by atoms with Crippen molar-refractivity contribution in [3.05, 3.63) is 17.5 Å². The molecular weight excluding hydrogens is 286 g/mol. The van der Waals surface area contributed by atoms with Gasteiger partial charge in [-0.25, -0.2) is 0 Å². The molecule has 0 aliphatic carbocycles. The summed E-state index contributed by atoms with van der Waals surface area (Å²) < 4.78 is 5.22. The Hall–Kier alpha value is -1.01. The molecule has 0 unspecified atom stereocenters. The highest BCUT2D eigenvalue weighted by atomic mass is 32.2. The molecule has 1 aliphatic heterocycles. The maximum absolute atomic E-state index is 12.2. The van der Waals surface area contributed by atoms with Crippen LogP contribution < -0.4 is 5.32 Å². The first-order valence-electron chi connectivity index (χ1n) is 7.42. The van der Waals surface area contributed by atoms with E-state index in [0.717, 1.165) is 30.1 Å². The van der Waals surface area contributed by atoms with Crippen molar-refractivity contribution in [1.82, 2.24) is 15.4 Å². The van der Waals surface area contributed by atoms with Crippen molar-refractivity contribution in [2.24, 2.45) is 5.92 Å². The summed E-state index contributed by atoms with van der Waals surface area (Å²) in [5, 5.41) is 6.89. The minimum absolute atomic E-state index is 0.0603. The number of nitrogens with zero attached hydrogens (tertiary/aromatic N) is 2. The Morgan fingerprint density at radius 2 is 2.33 bits per heavy atom. The van der Waals surface area contributed by atoms with E-state index < -0.39 is 0 Å². The summed E-state index contributed by atoms with van der Waals surface area (Å²) in [6, 6.07) is 1.75. The molecule has 1 amide bonds. The Balaban J connectivity index is 1.93. The molecular formula is C15H25N3O2S. The third kappa shape index (κ3) is 4.01. The fourth-order valence-electron chi connectivity index (χ4n) is 2.50. The van der Waals surface area contributed by atoms with Gasteiger partial charge in [-0.3, -0.25) is 4.79 Å². The first-order chi connectivity index (χ1) is 9.93. The standard InChI is InChI=1S/C15H25N3O2S/c1-11(2)7-12-8-13(17-20-12)14(19)16-9-15(18(3)4)5-6-21-10-15/h8,11H,5-7,9-10H2,1-4H3,(H,16,19)/t15-/m0/s1. The summed E-state index contributed by atoms with van der Waals surface area (Å²) in [7, 11) is 4.16. The van der Waals surface area contributed by atoms with Crippen molar-refractivity contribution in [1.29, 1.82) is 0 Å². The smallest absolute Gasteiger partial charge is 0.273 e. The predicted molar refractivity (Wildman–Crippen MR) is 85.7 cm³/mol. The van der Waals surface area contributed by atoms with Gasteiger partial charge < -0.3 is 14.7 Å². The fourth-order valence-corrected chi connectivity index (χ4v) is 4.05. The summed E-state index contributed by atoms with van der Waals surface area (Å²) in [4.78, 5) is 14.4. The molecule has 1 aliphatic rings. The zero-order valence-corrected chi connectivity index (χ0v) is 14.1. The summed E-state index contributed by atoms with van der Waals surface area (Å²) >= 11 is 1.94. The number of thioether (sulfide) groups is 1. The van der Waals surface area contributed by atoms with E-state index in [2.05, 4.69) is 43.3 Å².